The van der Waals surface area contributed by atoms with Crippen LogP contribution in [0.1, 0.15) is 28.5 Å². The number of amides is 1. The van der Waals surface area contributed by atoms with Crippen LogP contribution in [0.3, 0.4) is 0 Å². The van der Waals surface area contributed by atoms with E-state index in [0.717, 1.165) is 0 Å². The van der Waals surface area contributed by atoms with Crippen molar-refractivity contribution in [2.75, 3.05) is 5.32 Å². The maximum atomic E-state index is 12.9. The lowest BCUT2D eigenvalue weighted by Crippen LogP contribution is -2.22. The number of aryl methyl sites for hydroxylation is 1. The zero-order valence-corrected chi connectivity index (χ0v) is 18.1. The molecule has 1 amide bonds. The van der Waals surface area contributed by atoms with Gasteiger partial charge in [-0.3, -0.25) is 14.6 Å². The number of carbonyl (C=O) groups excluding carboxylic acids is 1. The van der Waals surface area contributed by atoms with E-state index in [1.807, 2.05) is 6.92 Å². The zero-order valence-electron chi connectivity index (χ0n) is 16.6. The van der Waals surface area contributed by atoms with Gasteiger partial charge in [0.1, 0.15) is 11.5 Å². The van der Waals surface area contributed by atoms with E-state index in [1.165, 1.54) is 23.1 Å². The van der Waals surface area contributed by atoms with Gasteiger partial charge in [0.25, 0.3) is 11.5 Å². The molecule has 4 aromatic rings. The maximum absolute atomic E-state index is 12.9. The smallest absolute Gasteiger partial charge is 0.258 e. The summed E-state index contributed by atoms with van der Waals surface area (Å²) >= 11 is 12.2. The first-order valence-corrected chi connectivity index (χ1v) is 10.1. The summed E-state index contributed by atoms with van der Waals surface area (Å²) in [6.45, 7) is 3.63. The minimum Gasteiger partial charge on any atom is -0.463 e. The Morgan fingerprint density at radius 1 is 1.26 bits per heavy atom. The Hall–Kier alpha value is -3.36. The molecule has 0 atom stereocenters. The van der Waals surface area contributed by atoms with E-state index in [-0.39, 0.29) is 27.9 Å². The number of anilines is 1. The fourth-order valence-electron chi connectivity index (χ4n) is 3.14. The lowest BCUT2D eigenvalue weighted by atomic mass is 10.2. The van der Waals surface area contributed by atoms with Crippen LogP contribution in [-0.4, -0.2) is 25.7 Å². The van der Waals surface area contributed by atoms with Gasteiger partial charge in [-0.2, -0.15) is 9.78 Å². The molecule has 0 aliphatic heterocycles. The fraction of sp³-hybridized carbons (Fsp3) is 0.143. The molecule has 3 aromatic heterocycles. The van der Waals surface area contributed by atoms with Crippen LogP contribution in [0, 0.1) is 6.92 Å². The first kappa shape index (κ1) is 20.9. The topological polar surface area (TPSA) is 106 Å². The average Bonchev–Trinajstić information content (AvgIpc) is 3.39. The van der Waals surface area contributed by atoms with Crippen molar-refractivity contribution in [3.05, 3.63) is 79.9 Å². The van der Waals surface area contributed by atoms with E-state index in [9.17, 15) is 9.59 Å². The van der Waals surface area contributed by atoms with Crippen molar-refractivity contribution in [1.82, 2.24) is 19.7 Å². The van der Waals surface area contributed by atoms with Crippen LogP contribution in [0.25, 0.3) is 17.4 Å². The van der Waals surface area contributed by atoms with Crippen molar-refractivity contribution >= 4 is 34.9 Å². The van der Waals surface area contributed by atoms with Gasteiger partial charge >= 0.3 is 0 Å². The van der Waals surface area contributed by atoms with Gasteiger partial charge in [0.15, 0.2) is 5.76 Å². The highest BCUT2D eigenvalue weighted by Crippen LogP contribution is 2.26. The Kier molecular flexibility index (Phi) is 5.67. The molecule has 0 unspecified atom stereocenters. The molecular formula is C21H17Cl2N5O3. The predicted octanol–water partition coefficient (Wildman–Crippen LogP) is 4.65. The first-order chi connectivity index (χ1) is 14.9. The minimum absolute atomic E-state index is 0.157. The van der Waals surface area contributed by atoms with E-state index in [1.54, 1.807) is 31.2 Å². The summed E-state index contributed by atoms with van der Waals surface area (Å²) in [5.74, 6) is 0.410. The SMILES string of the molecule is CCc1c(C)nc(-n2nc(-c3ccco3)cc2NC(=O)c2cc(Cl)ccc2Cl)[nH]c1=O. The van der Waals surface area contributed by atoms with E-state index in [2.05, 4.69) is 20.4 Å². The van der Waals surface area contributed by atoms with Crippen LogP contribution in [0.4, 0.5) is 5.82 Å². The summed E-state index contributed by atoms with van der Waals surface area (Å²) in [5, 5.41) is 7.84. The van der Waals surface area contributed by atoms with Gasteiger partial charge in [-0.25, -0.2) is 4.98 Å². The summed E-state index contributed by atoms with van der Waals surface area (Å²) in [6, 6.07) is 9.65. The zero-order chi connectivity index (χ0) is 22.1. The maximum Gasteiger partial charge on any atom is 0.258 e. The number of aromatic amines is 1. The largest absolute Gasteiger partial charge is 0.463 e. The first-order valence-electron chi connectivity index (χ1n) is 9.38. The van der Waals surface area contributed by atoms with Gasteiger partial charge in [-0.15, -0.1) is 0 Å². The van der Waals surface area contributed by atoms with Crippen LogP contribution >= 0.6 is 23.2 Å². The van der Waals surface area contributed by atoms with Crippen LogP contribution in [0.5, 0.6) is 0 Å². The molecule has 0 bridgehead atoms. The molecule has 0 fully saturated rings. The van der Waals surface area contributed by atoms with Crippen molar-refractivity contribution in [2.24, 2.45) is 0 Å². The normalized spacial score (nSPS) is 11.0. The van der Waals surface area contributed by atoms with Crippen molar-refractivity contribution in [3.8, 4) is 17.4 Å². The molecule has 2 N–H and O–H groups in total. The third-order valence-corrected chi connectivity index (χ3v) is 5.23. The van der Waals surface area contributed by atoms with Crippen molar-refractivity contribution < 1.29 is 9.21 Å². The molecule has 0 saturated heterocycles. The second-order valence-corrected chi connectivity index (χ2v) is 7.53. The number of hydrogen-bond donors (Lipinski definition) is 2. The number of carbonyl (C=O) groups is 1. The van der Waals surface area contributed by atoms with E-state index >= 15 is 0 Å². The van der Waals surface area contributed by atoms with E-state index in [0.29, 0.717) is 34.2 Å². The summed E-state index contributed by atoms with van der Waals surface area (Å²) in [6.07, 6.45) is 2.06. The number of aromatic nitrogens is 4. The number of furan rings is 1. The number of benzene rings is 1. The summed E-state index contributed by atoms with van der Waals surface area (Å²) in [5.41, 5.74) is 1.53. The van der Waals surface area contributed by atoms with Gasteiger partial charge in [-0.05, 0) is 43.7 Å². The van der Waals surface area contributed by atoms with E-state index in [4.69, 9.17) is 27.6 Å². The van der Waals surface area contributed by atoms with Gasteiger partial charge in [0.2, 0.25) is 5.95 Å². The second kappa shape index (κ2) is 8.41. The van der Waals surface area contributed by atoms with Crippen molar-refractivity contribution in [2.45, 2.75) is 20.3 Å². The van der Waals surface area contributed by atoms with Crippen LogP contribution in [0.15, 0.2) is 51.9 Å². The average molecular weight is 458 g/mol. The highest BCUT2D eigenvalue weighted by atomic mass is 35.5. The van der Waals surface area contributed by atoms with E-state index < -0.39 is 5.91 Å². The molecule has 158 valence electrons. The van der Waals surface area contributed by atoms with Crippen LogP contribution < -0.4 is 10.9 Å². The fourth-order valence-corrected chi connectivity index (χ4v) is 3.52. The van der Waals surface area contributed by atoms with Crippen LogP contribution in [-0.2, 0) is 6.42 Å². The number of hydrogen-bond acceptors (Lipinski definition) is 5. The Morgan fingerprint density at radius 3 is 2.74 bits per heavy atom. The highest BCUT2D eigenvalue weighted by Gasteiger charge is 2.20. The number of halogens is 2. The number of nitrogens with one attached hydrogen (secondary N) is 2. The highest BCUT2D eigenvalue weighted by molar-refractivity contribution is 6.36. The minimum atomic E-state index is -0.496. The van der Waals surface area contributed by atoms with Gasteiger partial charge < -0.3 is 9.73 Å². The predicted molar refractivity (Wildman–Crippen MR) is 118 cm³/mol. The summed E-state index contributed by atoms with van der Waals surface area (Å²) in [7, 11) is 0. The molecule has 8 nitrogen and oxygen atoms in total. The Morgan fingerprint density at radius 2 is 2.06 bits per heavy atom. The molecule has 0 saturated carbocycles. The van der Waals surface area contributed by atoms with Crippen molar-refractivity contribution in [3.63, 3.8) is 0 Å². The molecule has 0 radical (unpaired) electrons. The third-order valence-electron chi connectivity index (χ3n) is 4.66. The monoisotopic (exact) mass is 457 g/mol. The Balaban J connectivity index is 1.81. The molecule has 3 heterocycles. The molecule has 31 heavy (non-hydrogen) atoms. The third kappa shape index (κ3) is 4.12. The lowest BCUT2D eigenvalue weighted by molar-refractivity contribution is 0.102. The number of H-pyrrole nitrogens is 1. The Labute approximate surface area is 186 Å². The molecule has 0 aliphatic rings. The quantitative estimate of drug-likeness (QED) is 0.453. The Bertz CT molecular complexity index is 1330. The molecule has 0 aliphatic carbocycles. The molecule has 1 aromatic carbocycles. The standard InChI is InChI=1S/C21H17Cl2N5O3/c1-3-13-11(2)24-21(26-19(13)29)28-18(10-16(27-28)17-5-4-8-31-17)25-20(30)14-9-12(22)6-7-15(14)23/h4-10H,3H2,1-2H3,(H,25,30)(H,24,26,29). The number of nitrogens with zero attached hydrogens (tertiary/aromatic N) is 3. The summed E-state index contributed by atoms with van der Waals surface area (Å²) < 4.78 is 6.75. The van der Waals surface area contributed by atoms with Gasteiger partial charge in [0, 0.05) is 22.3 Å². The van der Waals surface area contributed by atoms with Gasteiger partial charge in [0.05, 0.1) is 16.8 Å². The second-order valence-electron chi connectivity index (χ2n) is 6.69. The number of rotatable bonds is 5. The summed E-state index contributed by atoms with van der Waals surface area (Å²) in [4.78, 5) is 32.5. The van der Waals surface area contributed by atoms with Crippen LogP contribution in [0.2, 0.25) is 10.0 Å². The molecule has 0 spiro atoms. The molecular weight excluding hydrogens is 441 g/mol. The van der Waals surface area contributed by atoms with Crippen molar-refractivity contribution in [1.29, 1.82) is 0 Å². The molecule has 4 rings (SSSR count). The van der Waals surface area contributed by atoms with Gasteiger partial charge in [-0.1, -0.05) is 30.1 Å². The lowest BCUT2D eigenvalue weighted by Gasteiger charge is -2.10. The molecule has 10 heteroatoms.